The van der Waals surface area contributed by atoms with Gasteiger partial charge in [-0.2, -0.15) is 18.3 Å². The zero-order valence-corrected chi connectivity index (χ0v) is 12.0. The summed E-state index contributed by atoms with van der Waals surface area (Å²) in [5.41, 5.74) is 7.40. The van der Waals surface area contributed by atoms with Crippen molar-refractivity contribution in [1.29, 1.82) is 0 Å². The van der Waals surface area contributed by atoms with Crippen molar-refractivity contribution in [3.63, 3.8) is 0 Å². The van der Waals surface area contributed by atoms with Gasteiger partial charge in [0.2, 0.25) is 0 Å². The molecule has 2 rings (SSSR count). The fourth-order valence-electron chi connectivity index (χ4n) is 2.57. The number of hydrogen-bond donors (Lipinski definition) is 1. The molecule has 0 bridgehead atoms. The third-order valence-corrected chi connectivity index (χ3v) is 3.45. The van der Waals surface area contributed by atoms with E-state index in [4.69, 9.17) is 5.73 Å². The standard InChI is InChI=1S/C13H21F3N4/c1-8(17)6-11-9(2)18-19(3)12(11)20(10-4-5-10)7-13(14,15)16/h8,10H,4-7,17H2,1-3H3. The lowest BCUT2D eigenvalue weighted by Crippen LogP contribution is -2.38. The van der Waals surface area contributed by atoms with Crippen LogP contribution in [0.25, 0.3) is 0 Å². The van der Waals surface area contributed by atoms with E-state index in [9.17, 15) is 13.2 Å². The van der Waals surface area contributed by atoms with Crippen LogP contribution >= 0.6 is 0 Å². The Morgan fingerprint density at radius 2 is 2.05 bits per heavy atom. The second kappa shape index (κ2) is 5.27. The zero-order chi connectivity index (χ0) is 15.1. The number of halogens is 3. The number of alkyl halides is 3. The van der Waals surface area contributed by atoms with Crippen molar-refractivity contribution >= 4 is 5.82 Å². The number of nitrogens with two attached hydrogens (primary N) is 1. The minimum atomic E-state index is -4.22. The van der Waals surface area contributed by atoms with Crippen LogP contribution in [0.2, 0.25) is 0 Å². The van der Waals surface area contributed by atoms with Crippen LogP contribution < -0.4 is 10.6 Å². The summed E-state index contributed by atoms with van der Waals surface area (Å²) in [6, 6.07) is -0.137. The molecule has 1 aromatic heterocycles. The highest BCUT2D eigenvalue weighted by Crippen LogP contribution is 2.37. The summed E-state index contributed by atoms with van der Waals surface area (Å²) in [7, 11) is 1.69. The van der Waals surface area contributed by atoms with Crippen LogP contribution in [0.1, 0.15) is 31.0 Å². The second-order valence-electron chi connectivity index (χ2n) is 5.67. The van der Waals surface area contributed by atoms with Crippen molar-refractivity contribution in [3.05, 3.63) is 11.3 Å². The first kappa shape index (κ1) is 15.2. The highest BCUT2D eigenvalue weighted by Gasteiger charge is 2.40. The van der Waals surface area contributed by atoms with Crippen molar-refractivity contribution in [2.45, 2.75) is 51.4 Å². The molecule has 1 saturated carbocycles. The maximum atomic E-state index is 12.8. The molecule has 20 heavy (non-hydrogen) atoms. The topological polar surface area (TPSA) is 47.1 Å². The Hall–Kier alpha value is -1.24. The maximum absolute atomic E-state index is 12.8. The van der Waals surface area contributed by atoms with Crippen LogP contribution in [0.5, 0.6) is 0 Å². The molecular formula is C13H21F3N4. The fourth-order valence-corrected chi connectivity index (χ4v) is 2.57. The molecule has 0 aromatic carbocycles. The average molecular weight is 290 g/mol. The Morgan fingerprint density at radius 3 is 2.50 bits per heavy atom. The maximum Gasteiger partial charge on any atom is 0.405 e. The van der Waals surface area contributed by atoms with Crippen molar-refractivity contribution in [3.8, 4) is 0 Å². The summed E-state index contributed by atoms with van der Waals surface area (Å²) >= 11 is 0. The summed E-state index contributed by atoms with van der Waals surface area (Å²) < 4.78 is 40.0. The molecule has 1 aliphatic carbocycles. The molecule has 0 aliphatic heterocycles. The third kappa shape index (κ3) is 3.45. The predicted octanol–water partition coefficient (Wildman–Crippen LogP) is 2.15. The first-order valence-corrected chi connectivity index (χ1v) is 6.80. The summed E-state index contributed by atoms with van der Waals surface area (Å²) in [5, 5.41) is 4.28. The van der Waals surface area contributed by atoms with Gasteiger partial charge < -0.3 is 10.6 Å². The van der Waals surface area contributed by atoms with Gasteiger partial charge in [-0.1, -0.05) is 0 Å². The first-order valence-electron chi connectivity index (χ1n) is 6.80. The minimum Gasteiger partial charge on any atom is -0.345 e. The highest BCUT2D eigenvalue weighted by molar-refractivity contribution is 5.52. The van der Waals surface area contributed by atoms with Crippen LogP contribution in [0.4, 0.5) is 19.0 Å². The molecule has 1 fully saturated rings. The normalized spacial score (nSPS) is 17.4. The van der Waals surface area contributed by atoms with Gasteiger partial charge in [0.1, 0.15) is 12.4 Å². The Balaban J connectivity index is 2.37. The molecule has 0 saturated heterocycles. The fraction of sp³-hybridized carbons (Fsp3) is 0.769. The van der Waals surface area contributed by atoms with Gasteiger partial charge in [0, 0.05) is 24.7 Å². The van der Waals surface area contributed by atoms with Crippen molar-refractivity contribution in [2.75, 3.05) is 11.4 Å². The molecule has 4 nitrogen and oxygen atoms in total. The van der Waals surface area contributed by atoms with E-state index < -0.39 is 12.7 Å². The lowest BCUT2D eigenvalue weighted by atomic mass is 10.1. The monoisotopic (exact) mass is 290 g/mol. The van der Waals surface area contributed by atoms with Crippen LogP contribution in [0.15, 0.2) is 0 Å². The number of aromatic nitrogens is 2. The van der Waals surface area contributed by atoms with Gasteiger partial charge >= 0.3 is 6.18 Å². The van der Waals surface area contributed by atoms with Gasteiger partial charge in [-0.25, -0.2) is 0 Å². The third-order valence-electron chi connectivity index (χ3n) is 3.45. The Bertz CT molecular complexity index is 475. The number of aryl methyl sites for hydroxylation is 2. The summed E-state index contributed by atoms with van der Waals surface area (Å²) in [6.45, 7) is 2.74. The lowest BCUT2D eigenvalue weighted by molar-refractivity contribution is -0.120. The molecule has 1 aromatic rings. The van der Waals surface area contributed by atoms with Crippen LogP contribution in [0.3, 0.4) is 0 Å². The molecule has 1 unspecified atom stereocenters. The Kier molecular flexibility index (Phi) is 4.00. The van der Waals surface area contributed by atoms with Gasteiger partial charge in [-0.3, -0.25) is 4.68 Å². The molecule has 0 radical (unpaired) electrons. The first-order chi connectivity index (χ1) is 9.19. The molecule has 0 spiro atoms. The molecule has 7 heteroatoms. The second-order valence-corrected chi connectivity index (χ2v) is 5.67. The van der Waals surface area contributed by atoms with Gasteiger partial charge in [0.15, 0.2) is 0 Å². The average Bonchev–Trinajstić information content (AvgIpc) is 3.04. The summed E-state index contributed by atoms with van der Waals surface area (Å²) in [5.74, 6) is 0.569. The van der Waals surface area contributed by atoms with E-state index in [-0.39, 0.29) is 12.1 Å². The van der Waals surface area contributed by atoms with Crippen molar-refractivity contribution in [1.82, 2.24) is 9.78 Å². The van der Waals surface area contributed by atoms with Gasteiger partial charge in [-0.15, -0.1) is 0 Å². The van der Waals surface area contributed by atoms with E-state index in [1.165, 1.54) is 4.90 Å². The predicted molar refractivity (Wildman–Crippen MR) is 71.7 cm³/mol. The van der Waals surface area contributed by atoms with Crippen molar-refractivity contribution < 1.29 is 13.2 Å². The summed E-state index contributed by atoms with van der Waals surface area (Å²) in [4.78, 5) is 1.44. The number of nitrogens with zero attached hydrogens (tertiary/aromatic N) is 3. The van der Waals surface area contributed by atoms with Gasteiger partial charge in [0.05, 0.1) is 5.69 Å². The molecule has 1 aliphatic rings. The SMILES string of the molecule is Cc1nn(C)c(N(CC(F)(F)F)C2CC2)c1CC(C)N. The Labute approximate surface area is 116 Å². The number of rotatable bonds is 5. The van der Waals surface area contributed by atoms with Crippen LogP contribution in [-0.2, 0) is 13.5 Å². The zero-order valence-electron chi connectivity index (χ0n) is 12.0. The van der Waals surface area contributed by atoms with E-state index in [1.807, 2.05) is 13.8 Å². The lowest BCUT2D eigenvalue weighted by Gasteiger charge is -2.27. The van der Waals surface area contributed by atoms with E-state index in [0.29, 0.717) is 12.2 Å². The van der Waals surface area contributed by atoms with Gasteiger partial charge in [0.25, 0.3) is 0 Å². The molecule has 2 N–H and O–H groups in total. The number of hydrogen-bond acceptors (Lipinski definition) is 3. The quantitative estimate of drug-likeness (QED) is 0.904. The molecule has 114 valence electrons. The molecule has 0 amide bonds. The van der Waals surface area contributed by atoms with E-state index in [2.05, 4.69) is 5.10 Å². The Morgan fingerprint density at radius 1 is 1.45 bits per heavy atom. The molecular weight excluding hydrogens is 269 g/mol. The summed E-state index contributed by atoms with van der Waals surface area (Å²) in [6.07, 6.45) is -2.07. The van der Waals surface area contributed by atoms with Crippen molar-refractivity contribution in [2.24, 2.45) is 12.8 Å². The minimum absolute atomic E-state index is 0.0294. The van der Waals surface area contributed by atoms with Crippen LogP contribution in [-0.4, -0.2) is 34.6 Å². The molecule has 1 atom stereocenters. The smallest absolute Gasteiger partial charge is 0.345 e. The highest BCUT2D eigenvalue weighted by atomic mass is 19.4. The van der Waals surface area contributed by atoms with E-state index in [0.717, 1.165) is 24.1 Å². The molecule has 1 heterocycles. The van der Waals surface area contributed by atoms with E-state index >= 15 is 0 Å². The largest absolute Gasteiger partial charge is 0.405 e. The van der Waals surface area contributed by atoms with Gasteiger partial charge in [-0.05, 0) is 33.1 Å². The number of anilines is 1. The van der Waals surface area contributed by atoms with Crippen LogP contribution in [0, 0.1) is 6.92 Å². The van der Waals surface area contributed by atoms with E-state index in [1.54, 1.807) is 11.7 Å².